The lowest BCUT2D eigenvalue weighted by Gasteiger charge is -2.43. The van der Waals surface area contributed by atoms with E-state index in [0.717, 1.165) is 23.7 Å². The second-order valence-electron chi connectivity index (χ2n) is 8.59. The maximum Gasteiger partial charge on any atom is -0.0323 e. The molecule has 0 bridgehead atoms. The van der Waals surface area contributed by atoms with Crippen molar-refractivity contribution < 1.29 is 0 Å². The summed E-state index contributed by atoms with van der Waals surface area (Å²) < 4.78 is 0. The van der Waals surface area contributed by atoms with Gasteiger partial charge in [0, 0.05) is 0 Å². The highest BCUT2D eigenvalue weighted by molar-refractivity contribution is 4.86. The molecule has 0 amide bonds. The third-order valence-electron chi connectivity index (χ3n) is 6.23. The lowest BCUT2D eigenvalue weighted by atomic mass is 9.62. The molecular weight excluding hydrogens is 240 g/mol. The third-order valence-corrected chi connectivity index (χ3v) is 6.23. The summed E-state index contributed by atoms with van der Waals surface area (Å²) in [5.74, 6) is 3.78. The van der Waals surface area contributed by atoms with Crippen LogP contribution in [0.2, 0.25) is 0 Å². The van der Waals surface area contributed by atoms with Gasteiger partial charge in [-0.25, -0.2) is 0 Å². The fraction of sp³-hybridized carbons (Fsp3) is 1.00. The van der Waals surface area contributed by atoms with E-state index >= 15 is 0 Å². The van der Waals surface area contributed by atoms with E-state index in [1.165, 1.54) is 57.8 Å². The molecule has 120 valence electrons. The van der Waals surface area contributed by atoms with Crippen LogP contribution < -0.4 is 0 Å². The summed E-state index contributed by atoms with van der Waals surface area (Å²) in [4.78, 5) is 0. The molecule has 0 heteroatoms. The fourth-order valence-electron chi connectivity index (χ4n) is 4.34. The van der Waals surface area contributed by atoms with Crippen LogP contribution in [-0.2, 0) is 0 Å². The van der Waals surface area contributed by atoms with Gasteiger partial charge in [0.25, 0.3) is 0 Å². The van der Waals surface area contributed by atoms with Gasteiger partial charge in [-0.2, -0.15) is 0 Å². The predicted molar refractivity (Wildman–Crippen MR) is 92.0 cm³/mol. The Morgan fingerprint density at radius 1 is 1.05 bits per heavy atom. The number of hydrogen-bond acceptors (Lipinski definition) is 0. The van der Waals surface area contributed by atoms with Gasteiger partial charge >= 0.3 is 0 Å². The first-order valence-corrected chi connectivity index (χ1v) is 9.36. The number of hydrogen-bond donors (Lipinski definition) is 0. The van der Waals surface area contributed by atoms with Crippen LogP contribution in [0, 0.1) is 29.1 Å². The second-order valence-corrected chi connectivity index (χ2v) is 8.59. The van der Waals surface area contributed by atoms with Crippen LogP contribution in [0.3, 0.4) is 0 Å². The van der Waals surface area contributed by atoms with E-state index in [1.807, 2.05) is 0 Å². The molecule has 0 nitrogen and oxygen atoms in total. The van der Waals surface area contributed by atoms with E-state index in [-0.39, 0.29) is 0 Å². The van der Waals surface area contributed by atoms with Crippen LogP contribution in [0.1, 0.15) is 99.3 Å². The summed E-state index contributed by atoms with van der Waals surface area (Å²) >= 11 is 0. The van der Waals surface area contributed by atoms with E-state index < -0.39 is 0 Å². The van der Waals surface area contributed by atoms with Gasteiger partial charge in [-0.15, -0.1) is 0 Å². The Balaban J connectivity index is 2.27. The molecule has 4 unspecified atom stereocenters. The highest BCUT2D eigenvalue weighted by Crippen LogP contribution is 2.46. The topological polar surface area (TPSA) is 0 Å². The van der Waals surface area contributed by atoms with Gasteiger partial charge in [-0.05, 0) is 41.9 Å². The van der Waals surface area contributed by atoms with Crippen LogP contribution >= 0.6 is 0 Å². The predicted octanol–water partition coefficient (Wildman–Crippen LogP) is 7.08. The highest BCUT2D eigenvalue weighted by atomic mass is 14.4. The maximum atomic E-state index is 2.51. The van der Waals surface area contributed by atoms with Crippen LogP contribution in [-0.4, -0.2) is 0 Å². The van der Waals surface area contributed by atoms with Crippen molar-refractivity contribution in [3.63, 3.8) is 0 Å². The van der Waals surface area contributed by atoms with Gasteiger partial charge in [0.1, 0.15) is 0 Å². The molecule has 1 saturated carbocycles. The van der Waals surface area contributed by atoms with Crippen LogP contribution in [0.15, 0.2) is 0 Å². The average molecular weight is 281 g/mol. The Labute approximate surface area is 129 Å². The van der Waals surface area contributed by atoms with Crippen molar-refractivity contribution in [3.8, 4) is 0 Å². The SMILES string of the molecule is CCC(C)CCCC(C)CCC1C(C)CCCC1(C)C. The zero-order valence-electron chi connectivity index (χ0n) is 15.2. The van der Waals surface area contributed by atoms with Gasteiger partial charge in [0.05, 0.1) is 0 Å². The van der Waals surface area contributed by atoms with Crippen molar-refractivity contribution in [2.45, 2.75) is 99.3 Å². The standard InChI is InChI=1S/C20H40/c1-7-16(2)10-8-11-17(3)13-14-19-18(4)12-9-15-20(19,5)6/h16-19H,7-15H2,1-6H3. The third kappa shape index (κ3) is 5.78. The quantitative estimate of drug-likeness (QED) is 0.445. The summed E-state index contributed by atoms with van der Waals surface area (Å²) in [5, 5.41) is 0. The molecule has 0 spiro atoms. The first kappa shape index (κ1) is 18.1. The molecule has 1 aliphatic rings. The van der Waals surface area contributed by atoms with E-state index in [0.29, 0.717) is 5.41 Å². The average Bonchev–Trinajstić information content (AvgIpc) is 2.37. The molecule has 1 rings (SSSR count). The van der Waals surface area contributed by atoms with Crippen LogP contribution in [0.25, 0.3) is 0 Å². The summed E-state index contributed by atoms with van der Waals surface area (Å²) in [6.07, 6.45) is 13.0. The van der Waals surface area contributed by atoms with Crippen molar-refractivity contribution in [1.29, 1.82) is 0 Å². The molecular formula is C20H40. The Morgan fingerprint density at radius 2 is 1.70 bits per heavy atom. The maximum absolute atomic E-state index is 2.51. The van der Waals surface area contributed by atoms with Crippen molar-refractivity contribution in [3.05, 3.63) is 0 Å². The normalized spacial score (nSPS) is 29.1. The zero-order valence-corrected chi connectivity index (χ0v) is 15.2. The lowest BCUT2D eigenvalue weighted by molar-refractivity contribution is 0.0706. The molecule has 20 heavy (non-hydrogen) atoms. The number of rotatable bonds is 8. The van der Waals surface area contributed by atoms with Gasteiger partial charge in [-0.3, -0.25) is 0 Å². The molecule has 0 aromatic rings. The lowest BCUT2D eigenvalue weighted by Crippen LogP contribution is -2.33. The summed E-state index contributed by atoms with van der Waals surface area (Å²) in [5.41, 5.74) is 0.591. The van der Waals surface area contributed by atoms with Crippen molar-refractivity contribution >= 4 is 0 Å². The minimum atomic E-state index is 0.591. The molecule has 0 aromatic heterocycles. The Bertz CT molecular complexity index is 253. The molecule has 1 fully saturated rings. The van der Waals surface area contributed by atoms with Gasteiger partial charge in [0.2, 0.25) is 0 Å². The molecule has 0 radical (unpaired) electrons. The first-order chi connectivity index (χ1) is 9.36. The summed E-state index contributed by atoms with van der Waals surface area (Å²) in [6, 6.07) is 0. The van der Waals surface area contributed by atoms with Crippen LogP contribution in [0.4, 0.5) is 0 Å². The largest absolute Gasteiger partial charge is 0.0651 e. The second kappa shape index (κ2) is 8.44. The minimum Gasteiger partial charge on any atom is -0.0651 e. The van der Waals surface area contributed by atoms with E-state index in [4.69, 9.17) is 0 Å². The zero-order chi connectivity index (χ0) is 15.2. The van der Waals surface area contributed by atoms with Gasteiger partial charge in [0.15, 0.2) is 0 Å². The molecule has 0 saturated heterocycles. The smallest absolute Gasteiger partial charge is 0.0323 e. The Kier molecular flexibility index (Phi) is 7.62. The Morgan fingerprint density at radius 3 is 2.30 bits per heavy atom. The van der Waals surface area contributed by atoms with Gasteiger partial charge in [-0.1, -0.05) is 86.5 Å². The highest BCUT2D eigenvalue weighted by Gasteiger charge is 2.36. The molecule has 0 aliphatic heterocycles. The van der Waals surface area contributed by atoms with Gasteiger partial charge < -0.3 is 0 Å². The van der Waals surface area contributed by atoms with Crippen molar-refractivity contribution in [2.24, 2.45) is 29.1 Å². The van der Waals surface area contributed by atoms with Crippen LogP contribution in [0.5, 0.6) is 0 Å². The molecule has 1 aliphatic carbocycles. The molecule has 0 aromatic carbocycles. The summed E-state index contributed by atoms with van der Waals surface area (Å²) in [7, 11) is 0. The Hall–Kier alpha value is 0. The first-order valence-electron chi connectivity index (χ1n) is 9.36. The van der Waals surface area contributed by atoms with E-state index in [1.54, 1.807) is 0 Å². The van der Waals surface area contributed by atoms with Crippen molar-refractivity contribution in [1.82, 2.24) is 0 Å². The molecule has 4 atom stereocenters. The minimum absolute atomic E-state index is 0.591. The molecule has 0 heterocycles. The monoisotopic (exact) mass is 280 g/mol. The van der Waals surface area contributed by atoms with E-state index in [2.05, 4.69) is 41.5 Å². The summed E-state index contributed by atoms with van der Waals surface area (Å²) in [6.45, 7) is 14.7. The molecule has 0 N–H and O–H groups in total. The fourth-order valence-corrected chi connectivity index (χ4v) is 4.34. The van der Waals surface area contributed by atoms with E-state index in [9.17, 15) is 0 Å². The van der Waals surface area contributed by atoms with Crippen molar-refractivity contribution in [2.75, 3.05) is 0 Å².